The molecule has 0 radical (unpaired) electrons. The molecule has 11 heteroatoms. The topological polar surface area (TPSA) is 87.0 Å². The van der Waals surface area contributed by atoms with Gasteiger partial charge in [-0.25, -0.2) is 14.8 Å². The molecule has 1 unspecified atom stereocenters. The lowest BCUT2D eigenvalue weighted by Crippen LogP contribution is -2.56. The average molecular weight is 490 g/mol. The number of aromatic nitrogens is 3. The highest BCUT2D eigenvalue weighted by Gasteiger charge is 2.48. The van der Waals surface area contributed by atoms with E-state index in [1.54, 1.807) is 6.07 Å². The number of rotatable bonds is 5. The number of nitrogens with zero attached hydrogens (tertiary/aromatic N) is 3. The second-order valence-corrected chi connectivity index (χ2v) is 10.6. The molecule has 1 spiro atoms. The molecule has 4 aromatic rings. The largest absolute Gasteiger partial charge is 0.417 e. The molecule has 178 valence electrons. The van der Waals surface area contributed by atoms with Gasteiger partial charge in [-0.2, -0.15) is 13.2 Å². The number of hydrogen-bond acceptors (Lipinski definition) is 7. The van der Waals surface area contributed by atoms with E-state index in [-0.39, 0.29) is 10.3 Å². The number of thiophene rings is 1. The Kier molecular flexibility index (Phi) is 4.96. The zero-order valence-corrected chi connectivity index (χ0v) is 18.9. The summed E-state index contributed by atoms with van der Waals surface area (Å²) in [5, 5.41) is 4.33. The van der Waals surface area contributed by atoms with Gasteiger partial charge in [0.25, 0.3) is 0 Å². The summed E-state index contributed by atoms with van der Waals surface area (Å²) in [7, 11) is 0. The lowest BCUT2D eigenvalue weighted by Gasteiger charge is -2.49. The van der Waals surface area contributed by atoms with Crippen molar-refractivity contribution in [3.63, 3.8) is 0 Å². The number of H-pyrrole nitrogens is 1. The number of anilines is 1. The molecular formula is C23H22F3N5O2S. The fourth-order valence-electron chi connectivity index (χ4n) is 5.37. The second kappa shape index (κ2) is 7.81. The Morgan fingerprint density at radius 1 is 1.26 bits per heavy atom. The molecule has 1 atom stereocenters. The maximum atomic E-state index is 12.8. The summed E-state index contributed by atoms with van der Waals surface area (Å²) in [6.07, 6.45) is -0.510. The molecule has 0 amide bonds. The van der Waals surface area contributed by atoms with E-state index in [9.17, 15) is 18.0 Å². The molecule has 7 nitrogen and oxygen atoms in total. The maximum absolute atomic E-state index is 12.8. The third kappa shape index (κ3) is 4.07. The minimum Gasteiger partial charge on any atom is -0.408 e. The van der Waals surface area contributed by atoms with E-state index in [4.69, 9.17) is 4.42 Å². The number of aromatic amines is 1. The Morgan fingerprint density at radius 3 is 2.94 bits per heavy atom. The molecule has 1 saturated carbocycles. The molecule has 3 aromatic heterocycles. The predicted molar refractivity (Wildman–Crippen MR) is 123 cm³/mol. The van der Waals surface area contributed by atoms with Crippen molar-refractivity contribution in [1.82, 2.24) is 20.3 Å². The van der Waals surface area contributed by atoms with Crippen LogP contribution in [0.1, 0.15) is 29.7 Å². The van der Waals surface area contributed by atoms with Crippen molar-refractivity contribution in [3.05, 3.63) is 51.6 Å². The summed E-state index contributed by atoms with van der Waals surface area (Å²) in [5.74, 6) is 0.283. The Bertz CT molecular complexity index is 1420. The van der Waals surface area contributed by atoms with Crippen LogP contribution in [0.2, 0.25) is 0 Å². The van der Waals surface area contributed by atoms with Gasteiger partial charge in [0.15, 0.2) is 5.58 Å². The smallest absolute Gasteiger partial charge is 0.408 e. The number of oxazole rings is 1. The van der Waals surface area contributed by atoms with Crippen molar-refractivity contribution in [1.29, 1.82) is 0 Å². The fourth-order valence-corrected chi connectivity index (χ4v) is 6.39. The van der Waals surface area contributed by atoms with Gasteiger partial charge in [0, 0.05) is 36.0 Å². The molecule has 1 saturated heterocycles. The first-order chi connectivity index (χ1) is 16.3. The van der Waals surface area contributed by atoms with E-state index in [2.05, 4.69) is 25.2 Å². The molecule has 34 heavy (non-hydrogen) atoms. The van der Waals surface area contributed by atoms with Gasteiger partial charge in [0.2, 0.25) is 0 Å². The normalized spacial score (nSPS) is 20.0. The van der Waals surface area contributed by atoms with Crippen LogP contribution in [0.5, 0.6) is 0 Å². The molecular weight excluding hydrogens is 467 g/mol. The summed E-state index contributed by atoms with van der Waals surface area (Å²) in [5.41, 5.74) is 2.52. The summed E-state index contributed by atoms with van der Waals surface area (Å²) in [6, 6.07) is 7.69. The van der Waals surface area contributed by atoms with E-state index < -0.39 is 18.4 Å². The summed E-state index contributed by atoms with van der Waals surface area (Å²) >= 11 is 1.09. The minimum absolute atomic E-state index is 0.206. The summed E-state index contributed by atoms with van der Waals surface area (Å²) in [4.78, 5) is 25.6. The van der Waals surface area contributed by atoms with Crippen LogP contribution in [0, 0.1) is 5.41 Å². The number of hydrogen-bond donors (Lipinski definition) is 2. The Labute approximate surface area is 196 Å². The summed E-state index contributed by atoms with van der Waals surface area (Å²) in [6.45, 7) is 2.39. The van der Waals surface area contributed by atoms with E-state index in [1.165, 1.54) is 6.33 Å². The first kappa shape index (κ1) is 21.6. The SMILES string of the molecule is O=c1[nH]c2ccc(CNC3CCC4(C3)CN(c3ncnc5sc(CC(F)(F)F)cc35)C4)cc2o1. The third-order valence-electron chi connectivity index (χ3n) is 6.87. The Balaban J connectivity index is 1.09. The van der Waals surface area contributed by atoms with Crippen LogP contribution >= 0.6 is 11.3 Å². The molecule has 2 fully saturated rings. The second-order valence-electron chi connectivity index (χ2n) is 9.44. The van der Waals surface area contributed by atoms with Crippen molar-refractivity contribution in [3.8, 4) is 0 Å². The molecule has 1 aromatic carbocycles. The van der Waals surface area contributed by atoms with Gasteiger partial charge in [-0.1, -0.05) is 6.07 Å². The first-order valence-corrected chi connectivity index (χ1v) is 12.0. The highest BCUT2D eigenvalue weighted by Crippen LogP contribution is 2.48. The van der Waals surface area contributed by atoms with E-state index >= 15 is 0 Å². The van der Waals surface area contributed by atoms with Crippen LogP contribution in [-0.2, 0) is 13.0 Å². The molecule has 4 heterocycles. The average Bonchev–Trinajstić information content (AvgIpc) is 3.44. The highest BCUT2D eigenvalue weighted by atomic mass is 32.1. The van der Waals surface area contributed by atoms with Crippen LogP contribution < -0.4 is 16.0 Å². The van der Waals surface area contributed by atoms with Crippen molar-refractivity contribution in [2.24, 2.45) is 5.41 Å². The number of fused-ring (bicyclic) bond motifs is 2. The van der Waals surface area contributed by atoms with Crippen LogP contribution in [0.25, 0.3) is 21.3 Å². The lowest BCUT2D eigenvalue weighted by molar-refractivity contribution is -0.126. The highest BCUT2D eigenvalue weighted by molar-refractivity contribution is 7.18. The van der Waals surface area contributed by atoms with Gasteiger partial charge < -0.3 is 14.6 Å². The minimum atomic E-state index is -4.23. The van der Waals surface area contributed by atoms with Crippen molar-refractivity contribution < 1.29 is 17.6 Å². The molecule has 1 aliphatic heterocycles. The van der Waals surface area contributed by atoms with Gasteiger partial charge in [0.05, 0.1) is 17.3 Å². The van der Waals surface area contributed by atoms with Crippen LogP contribution in [-0.4, -0.2) is 40.3 Å². The monoisotopic (exact) mass is 489 g/mol. The number of halogens is 3. The van der Waals surface area contributed by atoms with Crippen molar-refractivity contribution in [2.75, 3.05) is 18.0 Å². The number of alkyl halides is 3. The molecule has 0 bridgehead atoms. The van der Waals surface area contributed by atoms with Crippen molar-refractivity contribution in [2.45, 2.75) is 44.4 Å². The van der Waals surface area contributed by atoms with Gasteiger partial charge >= 0.3 is 11.9 Å². The summed E-state index contributed by atoms with van der Waals surface area (Å²) < 4.78 is 43.6. The van der Waals surface area contributed by atoms with Crippen LogP contribution in [0.4, 0.5) is 19.0 Å². The molecule has 1 aliphatic carbocycles. The number of nitrogens with one attached hydrogen (secondary N) is 2. The lowest BCUT2D eigenvalue weighted by atomic mass is 9.78. The standard InChI is InChI=1S/C23H22F3N5O2S/c24-23(25,26)8-15-6-16-19(28-12-29-20(16)34-15)31-10-22(11-31)4-3-14(7-22)27-9-13-1-2-17-18(5-13)33-21(32)30-17/h1-2,5-6,12,14,27H,3-4,7-11H2,(H,30,32). The maximum Gasteiger partial charge on any atom is 0.417 e. The number of benzene rings is 1. The van der Waals surface area contributed by atoms with Crippen LogP contribution in [0.3, 0.4) is 0 Å². The fraction of sp³-hybridized carbons (Fsp3) is 0.435. The quantitative estimate of drug-likeness (QED) is 0.433. The Hall–Kier alpha value is -2.92. The molecule has 2 aliphatic rings. The van der Waals surface area contributed by atoms with Gasteiger partial charge in [0.1, 0.15) is 17.0 Å². The van der Waals surface area contributed by atoms with Gasteiger partial charge in [-0.3, -0.25) is 4.98 Å². The zero-order valence-electron chi connectivity index (χ0n) is 18.1. The molecule has 6 rings (SSSR count). The van der Waals surface area contributed by atoms with Gasteiger partial charge in [-0.05, 0) is 43.0 Å². The van der Waals surface area contributed by atoms with Crippen molar-refractivity contribution >= 4 is 38.5 Å². The van der Waals surface area contributed by atoms with E-state index in [1.807, 2.05) is 18.2 Å². The Morgan fingerprint density at radius 2 is 2.12 bits per heavy atom. The predicted octanol–water partition coefficient (Wildman–Crippen LogP) is 4.38. The van der Waals surface area contributed by atoms with Crippen LogP contribution in [0.15, 0.2) is 39.8 Å². The first-order valence-electron chi connectivity index (χ1n) is 11.2. The third-order valence-corrected chi connectivity index (χ3v) is 7.91. The van der Waals surface area contributed by atoms with E-state index in [0.717, 1.165) is 55.1 Å². The van der Waals surface area contributed by atoms with E-state index in [0.29, 0.717) is 33.9 Å². The zero-order chi connectivity index (χ0) is 23.5. The van der Waals surface area contributed by atoms with Gasteiger partial charge in [-0.15, -0.1) is 11.3 Å². The molecule has 2 N–H and O–H groups in total.